The fraction of sp³-hybridized carbons (Fsp3) is 0.133. The van der Waals surface area contributed by atoms with Gasteiger partial charge in [-0.25, -0.2) is 4.99 Å². The summed E-state index contributed by atoms with van der Waals surface area (Å²) < 4.78 is 4.81. The van der Waals surface area contributed by atoms with Gasteiger partial charge >= 0.3 is 0 Å². The third kappa shape index (κ3) is 3.26. The summed E-state index contributed by atoms with van der Waals surface area (Å²) in [5.74, 6) is 0. The molecule has 0 saturated heterocycles. The lowest BCUT2D eigenvalue weighted by Gasteiger charge is -2.04. The molecule has 2 aromatic rings. The summed E-state index contributed by atoms with van der Waals surface area (Å²) in [4.78, 5) is 4.14. The van der Waals surface area contributed by atoms with E-state index in [9.17, 15) is 0 Å². The molecule has 0 amide bonds. The number of amidine groups is 1. The lowest BCUT2D eigenvalue weighted by molar-refractivity contribution is 0.394. The van der Waals surface area contributed by atoms with Crippen LogP contribution in [0.15, 0.2) is 47.5 Å². The van der Waals surface area contributed by atoms with E-state index in [2.05, 4.69) is 42.1 Å². The Balaban J connectivity index is 0.000000771. The molecule has 0 bridgehead atoms. The highest BCUT2D eigenvalue weighted by Crippen LogP contribution is 2.18. The average Bonchev–Trinajstić information content (AvgIpc) is 2.46. The Bertz CT molecular complexity index is 553. The number of terminal acetylenes is 1. The highest BCUT2D eigenvalue weighted by atomic mass is 16.5. The van der Waals surface area contributed by atoms with Crippen molar-refractivity contribution in [3.8, 4) is 12.8 Å². The molecule has 2 N–H and O–H groups in total. The maximum atomic E-state index is 5.49. The smallest absolute Gasteiger partial charge is 0.281 e. The Labute approximate surface area is 107 Å². The van der Waals surface area contributed by atoms with Gasteiger partial charge in [0, 0.05) is 0 Å². The molecule has 0 fully saturated rings. The van der Waals surface area contributed by atoms with E-state index in [1.54, 1.807) is 0 Å². The first-order valence-electron chi connectivity index (χ1n) is 5.45. The zero-order valence-electron chi connectivity index (χ0n) is 10.3. The minimum atomic E-state index is 0.216. The number of fused-ring (bicyclic) bond motifs is 1. The number of ether oxygens (including phenoxy) is 1. The predicted molar refractivity (Wildman–Crippen MR) is 76.2 cm³/mol. The summed E-state index contributed by atoms with van der Waals surface area (Å²) >= 11 is 0. The molecule has 0 spiro atoms. The van der Waals surface area contributed by atoms with Crippen molar-refractivity contribution in [3.63, 3.8) is 0 Å². The number of hydrogen-bond donors (Lipinski definition) is 1. The van der Waals surface area contributed by atoms with Crippen LogP contribution in [0.1, 0.15) is 5.56 Å². The maximum absolute atomic E-state index is 5.49. The van der Waals surface area contributed by atoms with Crippen molar-refractivity contribution in [1.82, 2.24) is 0 Å². The van der Waals surface area contributed by atoms with Gasteiger partial charge in [0.05, 0.1) is 13.7 Å². The maximum Gasteiger partial charge on any atom is 0.281 e. The SMILES string of the molecule is C#C.COC(N)=NCc1cccc2ccccc12. The van der Waals surface area contributed by atoms with Crippen molar-refractivity contribution in [2.24, 2.45) is 10.7 Å². The highest BCUT2D eigenvalue weighted by Gasteiger charge is 1.99. The predicted octanol–water partition coefficient (Wildman–Crippen LogP) is 2.55. The van der Waals surface area contributed by atoms with E-state index in [1.807, 2.05) is 18.2 Å². The lowest BCUT2D eigenvalue weighted by atomic mass is 10.1. The van der Waals surface area contributed by atoms with Crippen LogP contribution in [-0.4, -0.2) is 13.1 Å². The molecule has 0 aliphatic rings. The number of benzene rings is 2. The van der Waals surface area contributed by atoms with E-state index in [0.717, 1.165) is 5.56 Å². The Kier molecular flexibility index (Phi) is 5.27. The number of nitrogens with zero attached hydrogens (tertiary/aromatic N) is 1. The summed E-state index contributed by atoms with van der Waals surface area (Å²) in [7, 11) is 1.52. The zero-order chi connectivity index (χ0) is 13.4. The molecule has 0 atom stereocenters. The Morgan fingerprint density at radius 1 is 1.17 bits per heavy atom. The molecule has 3 nitrogen and oxygen atoms in total. The van der Waals surface area contributed by atoms with Crippen LogP contribution in [0.2, 0.25) is 0 Å². The van der Waals surface area contributed by atoms with Crippen LogP contribution in [0.4, 0.5) is 0 Å². The Morgan fingerprint density at radius 2 is 1.83 bits per heavy atom. The minimum Gasteiger partial charge on any atom is -0.469 e. The standard InChI is InChI=1S/C13H14N2O.C2H2/c1-16-13(14)15-9-11-7-4-6-10-5-2-3-8-12(10)11;1-2/h2-8H,9H2,1H3,(H2,14,15);1-2H. The molecular weight excluding hydrogens is 224 g/mol. The second-order valence-corrected chi connectivity index (χ2v) is 3.50. The topological polar surface area (TPSA) is 47.6 Å². The molecule has 0 unspecified atom stereocenters. The monoisotopic (exact) mass is 240 g/mol. The molecule has 2 rings (SSSR count). The third-order valence-corrected chi connectivity index (χ3v) is 2.49. The zero-order valence-corrected chi connectivity index (χ0v) is 10.3. The summed E-state index contributed by atoms with van der Waals surface area (Å²) in [6.45, 7) is 0.543. The van der Waals surface area contributed by atoms with Gasteiger partial charge in [-0.05, 0) is 16.3 Å². The second kappa shape index (κ2) is 6.97. The normalized spacial score (nSPS) is 10.5. The van der Waals surface area contributed by atoms with E-state index in [1.165, 1.54) is 17.9 Å². The van der Waals surface area contributed by atoms with Gasteiger partial charge in [0.25, 0.3) is 6.02 Å². The first-order chi connectivity index (χ1) is 8.81. The molecule has 18 heavy (non-hydrogen) atoms. The summed E-state index contributed by atoms with van der Waals surface area (Å²) in [5, 5.41) is 2.42. The fourth-order valence-corrected chi connectivity index (χ4v) is 1.66. The van der Waals surface area contributed by atoms with E-state index in [0.29, 0.717) is 6.54 Å². The van der Waals surface area contributed by atoms with Crippen LogP contribution in [0.3, 0.4) is 0 Å². The quantitative estimate of drug-likeness (QED) is 0.498. The van der Waals surface area contributed by atoms with Crippen LogP contribution >= 0.6 is 0 Å². The minimum absolute atomic E-state index is 0.216. The first-order valence-corrected chi connectivity index (χ1v) is 5.45. The van der Waals surface area contributed by atoms with Crippen molar-refractivity contribution in [1.29, 1.82) is 0 Å². The van der Waals surface area contributed by atoms with Crippen molar-refractivity contribution in [2.45, 2.75) is 6.54 Å². The average molecular weight is 240 g/mol. The van der Waals surface area contributed by atoms with Crippen molar-refractivity contribution in [3.05, 3.63) is 48.0 Å². The van der Waals surface area contributed by atoms with E-state index in [4.69, 9.17) is 10.5 Å². The van der Waals surface area contributed by atoms with Crippen LogP contribution in [0.25, 0.3) is 10.8 Å². The number of hydrogen-bond acceptors (Lipinski definition) is 2. The van der Waals surface area contributed by atoms with Crippen LogP contribution in [0, 0.1) is 12.8 Å². The molecule has 3 heteroatoms. The van der Waals surface area contributed by atoms with Gasteiger partial charge in [-0.2, -0.15) is 0 Å². The van der Waals surface area contributed by atoms with E-state index >= 15 is 0 Å². The second-order valence-electron chi connectivity index (χ2n) is 3.50. The molecule has 0 aliphatic heterocycles. The van der Waals surface area contributed by atoms with Gasteiger partial charge in [0.2, 0.25) is 0 Å². The largest absolute Gasteiger partial charge is 0.469 e. The van der Waals surface area contributed by atoms with E-state index < -0.39 is 0 Å². The number of rotatable bonds is 2. The van der Waals surface area contributed by atoms with Gasteiger partial charge in [-0.15, -0.1) is 12.8 Å². The summed E-state index contributed by atoms with van der Waals surface area (Å²) in [5.41, 5.74) is 6.64. The van der Waals surface area contributed by atoms with Crippen LogP contribution in [0.5, 0.6) is 0 Å². The van der Waals surface area contributed by atoms with Gasteiger partial charge < -0.3 is 10.5 Å². The first kappa shape index (κ1) is 13.6. The fourth-order valence-electron chi connectivity index (χ4n) is 1.66. The Morgan fingerprint density at radius 3 is 2.56 bits per heavy atom. The van der Waals surface area contributed by atoms with Crippen molar-refractivity contribution in [2.75, 3.05) is 7.11 Å². The van der Waals surface area contributed by atoms with Crippen molar-refractivity contribution < 1.29 is 4.74 Å². The van der Waals surface area contributed by atoms with Crippen molar-refractivity contribution >= 4 is 16.8 Å². The molecule has 2 aromatic carbocycles. The molecule has 0 saturated carbocycles. The summed E-state index contributed by atoms with van der Waals surface area (Å²) in [6, 6.07) is 14.6. The molecular formula is C15H16N2O. The van der Waals surface area contributed by atoms with Crippen LogP contribution < -0.4 is 5.73 Å². The molecule has 0 radical (unpaired) electrons. The van der Waals surface area contributed by atoms with Gasteiger partial charge in [-0.1, -0.05) is 42.5 Å². The van der Waals surface area contributed by atoms with Gasteiger partial charge in [-0.3, -0.25) is 0 Å². The number of nitrogens with two attached hydrogens (primary N) is 1. The molecule has 0 aliphatic carbocycles. The lowest BCUT2D eigenvalue weighted by Crippen LogP contribution is -2.13. The highest BCUT2D eigenvalue weighted by molar-refractivity contribution is 5.85. The molecule has 92 valence electrons. The van der Waals surface area contributed by atoms with Gasteiger partial charge in [0.1, 0.15) is 0 Å². The Hall–Kier alpha value is -2.47. The third-order valence-electron chi connectivity index (χ3n) is 2.49. The van der Waals surface area contributed by atoms with E-state index in [-0.39, 0.29) is 6.02 Å². The van der Waals surface area contributed by atoms with Gasteiger partial charge in [0.15, 0.2) is 0 Å². The number of aliphatic imine (C=N–C) groups is 1. The number of methoxy groups -OCH3 is 1. The van der Waals surface area contributed by atoms with Crippen LogP contribution in [-0.2, 0) is 11.3 Å². The molecule has 0 heterocycles. The molecule has 0 aromatic heterocycles. The summed E-state index contributed by atoms with van der Waals surface area (Å²) in [6.07, 6.45) is 8.00.